The Morgan fingerprint density at radius 1 is 1.47 bits per heavy atom. The second-order valence-corrected chi connectivity index (χ2v) is 5.57. The normalized spacial score (nSPS) is 20.8. The molecule has 1 saturated heterocycles. The Hall–Kier alpha value is -0.940. The molecule has 0 bridgehead atoms. The average molecular weight is 266 g/mol. The van der Waals surface area contributed by atoms with E-state index in [9.17, 15) is 0 Å². The first-order valence-corrected chi connectivity index (χ1v) is 7.54. The van der Waals surface area contributed by atoms with Gasteiger partial charge in [0.15, 0.2) is 0 Å². The number of rotatable bonds is 7. The van der Waals surface area contributed by atoms with E-state index in [4.69, 9.17) is 5.11 Å². The summed E-state index contributed by atoms with van der Waals surface area (Å²) in [4.78, 5) is 2.59. The predicted octanol–water partition coefficient (Wildman–Crippen LogP) is 1.32. The molecule has 0 amide bonds. The largest absolute Gasteiger partial charge is 0.396 e. The van der Waals surface area contributed by atoms with Gasteiger partial charge in [0.05, 0.1) is 5.69 Å². The molecule has 0 aliphatic carbocycles. The van der Waals surface area contributed by atoms with Gasteiger partial charge in [-0.25, -0.2) is 0 Å². The van der Waals surface area contributed by atoms with Gasteiger partial charge < -0.3 is 10.0 Å². The Labute approximate surface area is 115 Å². The molecule has 0 aromatic carbocycles. The van der Waals surface area contributed by atoms with Crippen LogP contribution in [0, 0.1) is 5.92 Å². The van der Waals surface area contributed by atoms with Crippen LogP contribution >= 0.6 is 0 Å². The Kier molecular flexibility index (Phi) is 5.79. The summed E-state index contributed by atoms with van der Waals surface area (Å²) >= 11 is 0. The highest BCUT2D eigenvalue weighted by Gasteiger charge is 2.20. The topological polar surface area (TPSA) is 54.2 Å². The molecule has 5 heteroatoms. The molecule has 1 atom stereocenters. The minimum Gasteiger partial charge on any atom is -0.396 e. The summed E-state index contributed by atoms with van der Waals surface area (Å²) in [5.41, 5.74) is 0.890. The van der Waals surface area contributed by atoms with Gasteiger partial charge in [-0.3, -0.25) is 4.68 Å². The van der Waals surface area contributed by atoms with E-state index < -0.39 is 0 Å². The Bertz CT molecular complexity index is 366. The SMILES string of the molecule is CCCCN1CCC[C@@H](Cn2cc(CCO)nn2)C1. The van der Waals surface area contributed by atoms with Gasteiger partial charge in [-0.2, -0.15) is 0 Å². The van der Waals surface area contributed by atoms with Crippen molar-refractivity contribution in [3.8, 4) is 0 Å². The first-order chi connectivity index (χ1) is 9.31. The highest BCUT2D eigenvalue weighted by molar-refractivity contribution is 4.92. The van der Waals surface area contributed by atoms with Crippen LogP contribution in [0.2, 0.25) is 0 Å². The number of likely N-dealkylation sites (tertiary alicyclic amines) is 1. The second kappa shape index (κ2) is 7.60. The molecule has 1 aliphatic rings. The van der Waals surface area contributed by atoms with Crippen molar-refractivity contribution >= 4 is 0 Å². The van der Waals surface area contributed by atoms with Crippen molar-refractivity contribution in [1.29, 1.82) is 0 Å². The molecule has 108 valence electrons. The molecule has 0 spiro atoms. The van der Waals surface area contributed by atoms with E-state index in [0.29, 0.717) is 12.3 Å². The Morgan fingerprint density at radius 2 is 2.37 bits per heavy atom. The molecule has 1 fully saturated rings. The number of nitrogens with zero attached hydrogens (tertiary/aromatic N) is 4. The third-order valence-corrected chi connectivity index (χ3v) is 3.83. The molecule has 0 radical (unpaired) electrons. The molecule has 1 aromatic heterocycles. The van der Waals surface area contributed by atoms with Gasteiger partial charge in [-0.15, -0.1) is 5.10 Å². The van der Waals surface area contributed by atoms with Crippen molar-refractivity contribution in [3.05, 3.63) is 11.9 Å². The highest BCUT2D eigenvalue weighted by atomic mass is 16.3. The lowest BCUT2D eigenvalue weighted by atomic mass is 9.98. The van der Waals surface area contributed by atoms with Crippen LogP contribution in [0.1, 0.15) is 38.3 Å². The molecular formula is C14H26N4O. The number of unbranched alkanes of at least 4 members (excludes halogenated alkanes) is 1. The highest BCUT2D eigenvalue weighted by Crippen LogP contribution is 2.18. The van der Waals surface area contributed by atoms with E-state index in [1.807, 2.05) is 10.9 Å². The molecule has 2 rings (SSSR count). The fourth-order valence-corrected chi connectivity index (χ4v) is 2.81. The van der Waals surface area contributed by atoms with Gasteiger partial charge in [-0.1, -0.05) is 18.6 Å². The van der Waals surface area contributed by atoms with Crippen LogP contribution in [0.3, 0.4) is 0 Å². The number of aliphatic hydroxyl groups excluding tert-OH is 1. The van der Waals surface area contributed by atoms with Crippen molar-refractivity contribution in [2.24, 2.45) is 5.92 Å². The summed E-state index contributed by atoms with van der Waals surface area (Å²) in [6.07, 6.45) is 7.74. The van der Waals surface area contributed by atoms with E-state index in [1.54, 1.807) is 0 Å². The van der Waals surface area contributed by atoms with Gasteiger partial charge in [0.2, 0.25) is 0 Å². The molecular weight excluding hydrogens is 240 g/mol. The average Bonchev–Trinajstić information content (AvgIpc) is 2.85. The lowest BCUT2D eigenvalue weighted by Crippen LogP contribution is -2.37. The fraction of sp³-hybridized carbons (Fsp3) is 0.857. The number of piperidine rings is 1. The molecule has 1 aliphatic heterocycles. The maximum absolute atomic E-state index is 8.88. The monoisotopic (exact) mass is 266 g/mol. The summed E-state index contributed by atoms with van der Waals surface area (Å²) in [6, 6.07) is 0. The van der Waals surface area contributed by atoms with Crippen LogP contribution in [0.4, 0.5) is 0 Å². The molecule has 5 nitrogen and oxygen atoms in total. The Balaban J connectivity index is 1.80. The second-order valence-electron chi connectivity index (χ2n) is 5.57. The van der Waals surface area contributed by atoms with Crippen LogP contribution in [0.25, 0.3) is 0 Å². The zero-order valence-electron chi connectivity index (χ0n) is 12.0. The van der Waals surface area contributed by atoms with Crippen LogP contribution in [-0.4, -0.2) is 51.2 Å². The van der Waals surface area contributed by atoms with E-state index >= 15 is 0 Å². The molecule has 2 heterocycles. The van der Waals surface area contributed by atoms with Gasteiger partial charge in [-0.05, 0) is 38.3 Å². The zero-order valence-corrected chi connectivity index (χ0v) is 12.0. The van der Waals surface area contributed by atoms with Crippen molar-refractivity contribution in [3.63, 3.8) is 0 Å². The van der Waals surface area contributed by atoms with E-state index in [0.717, 1.165) is 12.2 Å². The van der Waals surface area contributed by atoms with Crippen molar-refractivity contribution in [1.82, 2.24) is 19.9 Å². The Morgan fingerprint density at radius 3 is 3.16 bits per heavy atom. The van der Waals surface area contributed by atoms with Gasteiger partial charge in [0.25, 0.3) is 0 Å². The van der Waals surface area contributed by atoms with Crippen molar-refractivity contribution < 1.29 is 5.11 Å². The zero-order chi connectivity index (χ0) is 13.5. The van der Waals surface area contributed by atoms with Gasteiger partial charge in [0, 0.05) is 32.3 Å². The van der Waals surface area contributed by atoms with Crippen molar-refractivity contribution in [2.45, 2.75) is 45.6 Å². The maximum Gasteiger partial charge on any atom is 0.0849 e. The number of hydrogen-bond donors (Lipinski definition) is 1. The summed E-state index contributed by atoms with van der Waals surface area (Å²) in [5.74, 6) is 0.689. The van der Waals surface area contributed by atoms with Gasteiger partial charge >= 0.3 is 0 Å². The van der Waals surface area contributed by atoms with Crippen LogP contribution in [-0.2, 0) is 13.0 Å². The summed E-state index contributed by atoms with van der Waals surface area (Å²) in [5, 5.41) is 17.1. The fourth-order valence-electron chi connectivity index (χ4n) is 2.81. The van der Waals surface area contributed by atoms with E-state index in [2.05, 4.69) is 22.1 Å². The maximum atomic E-state index is 8.88. The standard InChI is InChI=1S/C14H26N4O/c1-2-3-7-17-8-4-5-13(10-17)11-18-12-14(6-9-19)15-16-18/h12-13,19H,2-11H2,1H3/t13-/m1/s1. The summed E-state index contributed by atoms with van der Waals surface area (Å²) in [6.45, 7) is 7.03. The predicted molar refractivity (Wildman–Crippen MR) is 74.9 cm³/mol. The first kappa shape index (κ1) is 14.5. The summed E-state index contributed by atoms with van der Waals surface area (Å²) < 4.78 is 1.94. The lowest BCUT2D eigenvalue weighted by Gasteiger charge is -2.32. The quantitative estimate of drug-likeness (QED) is 0.809. The molecule has 1 N–H and O–H groups in total. The minimum atomic E-state index is 0.146. The van der Waals surface area contributed by atoms with Crippen LogP contribution in [0.5, 0.6) is 0 Å². The smallest absolute Gasteiger partial charge is 0.0849 e. The third kappa shape index (κ3) is 4.58. The van der Waals surface area contributed by atoms with Gasteiger partial charge in [0.1, 0.15) is 0 Å². The molecule has 0 unspecified atom stereocenters. The van der Waals surface area contributed by atoms with Crippen LogP contribution in [0.15, 0.2) is 6.20 Å². The van der Waals surface area contributed by atoms with E-state index in [-0.39, 0.29) is 6.61 Å². The number of aliphatic hydroxyl groups is 1. The lowest BCUT2D eigenvalue weighted by molar-refractivity contribution is 0.157. The molecule has 19 heavy (non-hydrogen) atoms. The molecule has 1 aromatic rings. The van der Waals surface area contributed by atoms with Crippen LogP contribution < -0.4 is 0 Å². The molecule has 0 saturated carbocycles. The third-order valence-electron chi connectivity index (χ3n) is 3.83. The summed E-state index contributed by atoms with van der Waals surface area (Å²) in [7, 11) is 0. The van der Waals surface area contributed by atoms with E-state index in [1.165, 1.54) is 45.3 Å². The number of aromatic nitrogens is 3. The minimum absolute atomic E-state index is 0.146. The van der Waals surface area contributed by atoms with Crippen molar-refractivity contribution in [2.75, 3.05) is 26.2 Å². The number of hydrogen-bond acceptors (Lipinski definition) is 4. The first-order valence-electron chi connectivity index (χ1n) is 7.54.